The Bertz CT molecular complexity index is 358. The number of nitrogens with two attached hydrogens (primary N) is 1. The van der Waals surface area contributed by atoms with E-state index in [9.17, 15) is 0 Å². The lowest BCUT2D eigenvalue weighted by Gasteiger charge is -2.26. The Hall–Kier alpha value is -0.420. The van der Waals surface area contributed by atoms with E-state index in [-0.39, 0.29) is 18.2 Å². The van der Waals surface area contributed by atoms with Crippen LogP contribution in [0.3, 0.4) is 0 Å². The fourth-order valence-electron chi connectivity index (χ4n) is 2.25. The van der Waals surface area contributed by atoms with Gasteiger partial charge in [-0.05, 0) is 45.2 Å². The molecule has 2 rings (SSSR count). The first kappa shape index (κ1) is 14.0. The molecule has 2 N–H and O–H groups in total. The van der Waals surface area contributed by atoms with E-state index < -0.39 is 0 Å². The van der Waals surface area contributed by atoms with Crippen molar-refractivity contribution in [1.82, 2.24) is 0 Å². The Balaban J connectivity index is 1.90. The van der Waals surface area contributed by atoms with Gasteiger partial charge in [0.25, 0.3) is 0 Å². The van der Waals surface area contributed by atoms with Crippen molar-refractivity contribution in [3.05, 3.63) is 21.9 Å². The van der Waals surface area contributed by atoms with Crippen LogP contribution in [0, 0.1) is 6.92 Å². The molecule has 3 atom stereocenters. The van der Waals surface area contributed by atoms with Crippen molar-refractivity contribution in [1.29, 1.82) is 0 Å². The number of rotatable bonds is 5. The predicted octanol–water partition coefficient (Wildman–Crippen LogP) is 3.03. The average Bonchev–Trinajstić information content (AvgIpc) is 2.77. The summed E-state index contributed by atoms with van der Waals surface area (Å²) in [5, 5.41) is 0. The third-order valence-corrected chi connectivity index (χ3v) is 4.32. The Kier molecular flexibility index (Phi) is 5.18. The summed E-state index contributed by atoms with van der Waals surface area (Å²) in [5.41, 5.74) is 6.03. The van der Waals surface area contributed by atoms with Gasteiger partial charge in [-0.1, -0.05) is 0 Å². The summed E-state index contributed by atoms with van der Waals surface area (Å²) in [4.78, 5) is 2.52. The molecule has 1 aliphatic heterocycles. The van der Waals surface area contributed by atoms with Crippen LogP contribution in [-0.2, 0) is 9.47 Å². The molecule has 0 bridgehead atoms. The minimum absolute atomic E-state index is 0.00535. The topological polar surface area (TPSA) is 44.5 Å². The lowest BCUT2D eigenvalue weighted by Crippen LogP contribution is -2.31. The summed E-state index contributed by atoms with van der Waals surface area (Å²) in [6.45, 7) is 5.64. The monoisotopic (exact) mass is 269 g/mol. The van der Waals surface area contributed by atoms with Gasteiger partial charge in [-0.2, -0.15) is 0 Å². The summed E-state index contributed by atoms with van der Waals surface area (Å²) in [6, 6.07) is 4.25. The normalized spacial score (nSPS) is 23.8. The quantitative estimate of drug-likeness (QED) is 0.893. The average molecular weight is 269 g/mol. The van der Waals surface area contributed by atoms with Crippen LogP contribution < -0.4 is 5.73 Å². The molecule has 1 aromatic rings. The molecule has 1 saturated heterocycles. The summed E-state index contributed by atoms with van der Waals surface area (Å²) in [7, 11) is 0. The molecule has 0 aliphatic carbocycles. The van der Waals surface area contributed by atoms with Crippen molar-refractivity contribution < 1.29 is 9.47 Å². The van der Waals surface area contributed by atoms with Crippen LogP contribution in [0.15, 0.2) is 12.1 Å². The molecule has 1 aliphatic rings. The third-order valence-electron chi connectivity index (χ3n) is 3.25. The van der Waals surface area contributed by atoms with E-state index in [1.54, 1.807) is 11.3 Å². The molecule has 3 unspecified atom stereocenters. The first-order chi connectivity index (χ1) is 8.66. The summed E-state index contributed by atoms with van der Waals surface area (Å²) < 4.78 is 11.7. The number of thiophene rings is 1. The van der Waals surface area contributed by atoms with Gasteiger partial charge >= 0.3 is 0 Å². The minimum Gasteiger partial charge on any atom is -0.376 e. The second-order valence-electron chi connectivity index (χ2n) is 5.05. The Labute approximate surface area is 113 Å². The fourth-order valence-corrected chi connectivity index (χ4v) is 3.29. The zero-order chi connectivity index (χ0) is 13.0. The van der Waals surface area contributed by atoms with Crippen molar-refractivity contribution in [2.24, 2.45) is 5.73 Å². The molecular weight excluding hydrogens is 246 g/mol. The molecular formula is C14H23NO2S. The molecule has 0 amide bonds. The van der Waals surface area contributed by atoms with Crippen LogP contribution in [0.2, 0.25) is 0 Å². The number of hydrogen-bond donors (Lipinski definition) is 1. The second kappa shape index (κ2) is 6.66. The van der Waals surface area contributed by atoms with E-state index >= 15 is 0 Å². The van der Waals surface area contributed by atoms with E-state index in [1.807, 2.05) is 6.92 Å². The van der Waals surface area contributed by atoms with Crippen LogP contribution in [0.4, 0.5) is 0 Å². The highest BCUT2D eigenvalue weighted by Gasteiger charge is 2.22. The van der Waals surface area contributed by atoms with Crippen molar-refractivity contribution in [2.75, 3.05) is 13.2 Å². The zero-order valence-electron chi connectivity index (χ0n) is 11.2. The number of hydrogen-bond acceptors (Lipinski definition) is 4. The molecule has 1 fully saturated rings. The maximum absolute atomic E-state index is 6.03. The molecule has 0 saturated carbocycles. The molecule has 2 heterocycles. The first-order valence-electron chi connectivity index (χ1n) is 6.72. The van der Waals surface area contributed by atoms with Gasteiger partial charge in [0.15, 0.2) is 0 Å². The Morgan fingerprint density at radius 1 is 1.50 bits per heavy atom. The Morgan fingerprint density at radius 2 is 2.33 bits per heavy atom. The van der Waals surface area contributed by atoms with Gasteiger partial charge in [0.1, 0.15) is 6.10 Å². The standard InChI is InChI=1S/C14H23NO2S/c1-10-6-7-13(18-10)14(11(2)15)17-9-12-5-3-4-8-16-12/h6-7,11-12,14H,3-5,8-9,15H2,1-2H3. The van der Waals surface area contributed by atoms with Crippen molar-refractivity contribution >= 4 is 11.3 Å². The molecule has 1 aromatic heterocycles. The number of ether oxygens (including phenoxy) is 2. The lowest BCUT2D eigenvalue weighted by atomic mass is 10.1. The number of aryl methyl sites for hydroxylation is 1. The predicted molar refractivity (Wildman–Crippen MR) is 75.0 cm³/mol. The molecule has 0 spiro atoms. The van der Waals surface area contributed by atoms with Crippen LogP contribution in [0.1, 0.15) is 42.0 Å². The SMILES string of the molecule is Cc1ccc(C(OCC2CCCCO2)C(C)N)s1. The molecule has 0 aromatic carbocycles. The maximum atomic E-state index is 6.03. The third kappa shape index (κ3) is 3.79. The van der Waals surface area contributed by atoms with Gasteiger partial charge < -0.3 is 15.2 Å². The summed E-state index contributed by atoms with van der Waals surface area (Å²) >= 11 is 1.76. The van der Waals surface area contributed by atoms with Gasteiger partial charge in [-0.3, -0.25) is 0 Å². The van der Waals surface area contributed by atoms with E-state index in [2.05, 4.69) is 19.1 Å². The van der Waals surface area contributed by atoms with Gasteiger partial charge in [0, 0.05) is 22.4 Å². The minimum atomic E-state index is -0.00535. The van der Waals surface area contributed by atoms with Crippen molar-refractivity contribution in [3.8, 4) is 0 Å². The zero-order valence-corrected chi connectivity index (χ0v) is 12.0. The van der Waals surface area contributed by atoms with Crippen molar-refractivity contribution in [2.45, 2.75) is 51.4 Å². The second-order valence-corrected chi connectivity index (χ2v) is 6.37. The molecule has 3 nitrogen and oxygen atoms in total. The van der Waals surface area contributed by atoms with E-state index in [0.29, 0.717) is 6.61 Å². The van der Waals surface area contributed by atoms with Gasteiger partial charge in [-0.25, -0.2) is 0 Å². The molecule has 102 valence electrons. The van der Waals surface area contributed by atoms with Crippen LogP contribution in [-0.4, -0.2) is 25.4 Å². The van der Waals surface area contributed by atoms with E-state index in [1.165, 1.54) is 22.6 Å². The highest BCUT2D eigenvalue weighted by atomic mass is 32.1. The molecule has 0 radical (unpaired) electrons. The van der Waals surface area contributed by atoms with Gasteiger partial charge in [-0.15, -0.1) is 11.3 Å². The van der Waals surface area contributed by atoms with Gasteiger partial charge in [0.05, 0.1) is 12.7 Å². The smallest absolute Gasteiger partial charge is 0.107 e. The fraction of sp³-hybridized carbons (Fsp3) is 0.714. The summed E-state index contributed by atoms with van der Waals surface area (Å²) in [6.07, 6.45) is 3.77. The van der Waals surface area contributed by atoms with E-state index in [4.69, 9.17) is 15.2 Å². The van der Waals surface area contributed by atoms with Crippen LogP contribution >= 0.6 is 11.3 Å². The van der Waals surface area contributed by atoms with Crippen LogP contribution in [0.25, 0.3) is 0 Å². The van der Waals surface area contributed by atoms with Crippen LogP contribution in [0.5, 0.6) is 0 Å². The largest absolute Gasteiger partial charge is 0.376 e. The van der Waals surface area contributed by atoms with Gasteiger partial charge in [0.2, 0.25) is 0 Å². The van der Waals surface area contributed by atoms with Crippen molar-refractivity contribution in [3.63, 3.8) is 0 Å². The lowest BCUT2D eigenvalue weighted by molar-refractivity contribution is -0.0672. The van der Waals surface area contributed by atoms with E-state index in [0.717, 1.165) is 13.0 Å². The highest BCUT2D eigenvalue weighted by molar-refractivity contribution is 7.12. The highest BCUT2D eigenvalue weighted by Crippen LogP contribution is 2.28. The molecule has 18 heavy (non-hydrogen) atoms. The summed E-state index contributed by atoms with van der Waals surface area (Å²) in [5.74, 6) is 0. The maximum Gasteiger partial charge on any atom is 0.107 e. The Morgan fingerprint density at radius 3 is 2.89 bits per heavy atom. The molecule has 4 heteroatoms. The first-order valence-corrected chi connectivity index (χ1v) is 7.53.